The van der Waals surface area contributed by atoms with E-state index in [-0.39, 0.29) is 15.5 Å². The molecule has 0 spiro atoms. The largest absolute Gasteiger partial charge is 0.355 e. The first kappa shape index (κ1) is 17.4. The van der Waals surface area contributed by atoms with Crippen molar-refractivity contribution in [2.45, 2.75) is 17.9 Å². The van der Waals surface area contributed by atoms with Gasteiger partial charge in [0.15, 0.2) is 0 Å². The maximum atomic E-state index is 12.5. The first-order valence-corrected chi connectivity index (χ1v) is 8.66. The van der Waals surface area contributed by atoms with E-state index in [1.807, 2.05) is 0 Å². The number of carbonyl (C=O) groups excluding carboxylic acids is 1. The summed E-state index contributed by atoms with van der Waals surface area (Å²) in [6, 6.07) is 8.78. The Hall–Kier alpha value is -1.96. The Kier molecular flexibility index (Phi) is 5.35. The molecule has 2 aromatic rings. The van der Waals surface area contributed by atoms with Crippen LogP contribution in [0.1, 0.15) is 29.0 Å². The van der Waals surface area contributed by atoms with Crippen LogP contribution in [0.4, 0.5) is 0 Å². The Morgan fingerprint density at radius 2 is 2.00 bits per heavy atom. The molecule has 1 aromatic heterocycles. The molecule has 1 atom stereocenters. The summed E-state index contributed by atoms with van der Waals surface area (Å²) < 4.78 is 27.6. The molecule has 0 unspecified atom stereocenters. The zero-order valence-electron chi connectivity index (χ0n) is 12.6. The number of hydrogen-bond donors (Lipinski definition) is 2. The van der Waals surface area contributed by atoms with E-state index in [4.69, 9.17) is 11.6 Å². The van der Waals surface area contributed by atoms with E-state index >= 15 is 0 Å². The highest BCUT2D eigenvalue weighted by Gasteiger charge is 2.23. The standard InChI is InChI=1S/C15H16ClN3O3S/c1-10(13-5-3-4-8-18-13)19-23(21,22)14-9-11(15(20)17-2)6-7-12(14)16/h3-10,19H,1-2H3,(H,17,20)/t10-/m1/s1. The molecular weight excluding hydrogens is 338 g/mol. The van der Waals surface area contributed by atoms with Crippen molar-refractivity contribution in [3.05, 3.63) is 58.9 Å². The van der Waals surface area contributed by atoms with E-state index in [0.717, 1.165) is 0 Å². The number of rotatable bonds is 5. The van der Waals surface area contributed by atoms with Crippen molar-refractivity contribution in [3.8, 4) is 0 Å². The van der Waals surface area contributed by atoms with Gasteiger partial charge in [-0.05, 0) is 37.3 Å². The van der Waals surface area contributed by atoms with Crippen LogP contribution >= 0.6 is 11.6 Å². The Labute approximate surface area is 139 Å². The summed E-state index contributed by atoms with van der Waals surface area (Å²) in [5.41, 5.74) is 0.789. The normalized spacial score (nSPS) is 12.7. The van der Waals surface area contributed by atoms with E-state index in [0.29, 0.717) is 5.69 Å². The lowest BCUT2D eigenvalue weighted by Gasteiger charge is -2.15. The van der Waals surface area contributed by atoms with Gasteiger partial charge in [0.1, 0.15) is 4.90 Å². The van der Waals surface area contributed by atoms with E-state index in [1.165, 1.54) is 25.2 Å². The number of nitrogens with one attached hydrogen (secondary N) is 2. The number of benzene rings is 1. The minimum atomic E-state index is -3.90. The second kappa shape index (κ2) is 7.08. The fourth-order valence-corrected chi connectivity index (χ4v) is 3.73. The van der Waals surface area contributed by atoms with Crippen LogP contribution < -0.4 is 10.0 Å². The summed E-state index contributed by atoms with van der Waals surface area (Å²) in [7, 11) is -2.44. The van der Waals surface area contributed by atoms with Crippen molar-refractivity contribution in [2.75, 3.05) is 7.05 Å². The Morgan fingerprint density at radius 1 is 1.26 bits per heavy atom. The smallest absolute Gasteiger partial charge is 0.251 e. The van der Waals surface area contributed by atoms with E-state index in [2.05, 4.69) is 15.0 Å². The molecule has 2 rings (SSSR count). The zero-order valence-corrected chi connectivity index (χ0v) is 14.1. The fourth-order valence-electron chi connectivity index (χ4n) is 1.98. The van der Waals surface area contributed by atoms with Crippen molar-refractivity contribution in [1.82, 2.24) is 15.0 Å². The third kappa shape index (κ3) is 4.07. The van der Waals surface area contributed by atoms with Gasteiger partial charge in [0.25, 0.3) is 5.91 Å². The topological polar surface area (TPSA) is 88.2 Å². The molecule has 6 nitrogen and oxygen atoms in total. The maximum Gasteiger partial charge on any atom is 0.251 e. The summed E-state index contributed by atoms with van der Waals surface area (Å²) in [6.45, 7) is 1.68. The second-order valence-electron chi connectivity index (χ2n) is 4.82. The number of halogens is 1. The molecule has 122 valence electrons. The lowest BCUT2D eigenvalue weighted by atomic mass is 10.2. The predicted octanol–water partition coefficient (Wildman–Crippen LogP) is 2.13. The van der Waals surface area contributed by atoms with Gasteiger partial charge in [-0.25, -0.2) is 13.1 Å². The van der Waals surface area contributed by atoms with Crippen molar-refractivity contribution in [1.29, 1.82) is 0 Å². The van der Waals surface area contributed by atoms with E-state index < -0.39 is 22.0 Å². The summed E-state index contributed by atoms with van der Waals surface area (Å²) >= 11 is 5.99. The predicted molar refractivity (Wildman–Crippen MR) is 87.8 cm³/mol. The number of sulfonamides is 1. The average Bonchev–Trinajstić information content (AvgIpc) is 2.54. The van der Waals surface area contributed by atoms with Crippen molar-refractivity contribution in [3.63, 3.8) is 0 Å². The third-order valence-corrected chi connectivity index (χ3v) is 5.20. The molecule has 1 amide bonds. The van der Waals surface area contributed by atoms with Gasteiger partial charge in [-0.15, -0.1) is 0 Å². The monoisotopic (exact) mass is 353 g/mol. The number of amides is 1. The molecule has 1 aromatic carbocycles. The van der Waals surface area contributed by atoms with Crippen molar-refractivity contribution >= 4 is 27.5 Å². The number of pyridine rings is 1. The zero-order chi connectivity index (χ0) is 17.0. The SMILES string of the molecule is CNC(=O)c1ccc(Cl)c(S(=O)(=O)N[C@H](C)c2ccccn2)c1. The van der Waals surface area contributed by atoms with Crippen LogP contribution in [0.2, 0.25) is 5.02 Å². The van der Waals surface area contributed by atoms with Crippen molar-refractivity contribution in [2.24, 2.45) is 0 Å². The third-order valence-electron chi connectivity index (χ3n) is 3.17. The molecule has 0 aliphatic rings. The molecule has 0 fully saturated rings. The number of carbonyl (C=O) groups is 1. The van der Waals surface area contributed by atoms with Gasteiger partial charge in [-0.1, -0.05) is 17.7 Å². The molecule has 0 saturated carbocycles. The van der Waals surface area contributed by atoms with Gasteiger partial charge < -0.3 is 5.32 Å². The van der Waals surface area contributed by atoms with Crippen LogP contribution in [-0.2, 0) is 10.0 Å². The first-order valence-electron chi connectivity index (χ1n) is 6.80. The molecule has 2 N–H and O–H groups in total. The average molecular weight is 354 g/mol. The highest BCUT2D eigenvalue weighted by atomic mass is 35.5. The van der Waals surface area contributed by atoms with Crippen LogP contribution in [0.3, 0.4) is 0 Å². The Balaban J connectivity index is 2.34. The minimum Gasteiger partial charge on any atom is -0.355 e. The van der Waals surface area contributed by atoms with Crippen LogP contribution in [0.5, 0.6) is 0 Å². The highest BCUT2D eigenvalue weighted by molar-refractivity contribution is 7.89. The summed E-state index contributed by atoms with van der Waals surface area (Å²) in [5, 5.41) is 2.48. The molecule has 0 bridgehead atoms. The Morgan fingerprint density at radius 3 is 2.61 bits per heavy atom. The van der Waals surface area contributed by atoms with Gasteiger partial charge in [0, 0.05) is 18.8 Å². The second-order valence-corrected chi connectivity index (χ2v) is 6.91. The van der Waals surface area contributed by atoms with Gasteiger partial charge >= 0.3 is 0 Å². The van der Waals surface area contributed by atoms with Crippen LogP contribution in [-0.4, -0.2) is 26.4 Å². The summed E-state index contributed by atoms with van der Waals surface area (Å²) in [5.74, 6) is -0.393. The van der Waals surface area contributed by atoms with Crippen LogP contribution in [0, 0.1) is 0 Å². The van der Waals surface area contributed by atoms with Gasteiger partial charge in [0.05, 0.1) is 16.8 Å². The van der Waals surface area contributed by atoms with Gasteiger partial charge in [-0.2, -0.15) is 0 Å². The molecule has 0 saturated heterocycles. The van der Waals surface area contributed by atoms with Gasteiger partial charge in [-0.3, -0.25) is 9.78 Å². The van der Waals surface area contributed by atoms with Crippen LogP contribution in [0.15, 0.2) is 47.5 Å². The highest BCUT2D eigenvalue weighted by Crippen LogP contribution is 2.24. The molecule has 8 heteroatoms. The number of nitrogens with zero attached hydrogens (tertiary/aromatic N) is 1. The van der Waals surface area contributed by atoms with E-state index in [9.17, 15) is 13.2 Å². The van der Waals surface area contributed by atoms with Crippen molar-refractivity contribution < 1.29 is 13.2 Å². The molecule has 0 aliphatic heterocycles. The summed E-state index contributed by atoms with van der Waals surface area (Å²) in [6.07, 6.45) is 1.58. The lowest BCUT2D eigenvalue weighted by Crippen LogP contribution is -2.28. The molecule has 23 heavy (non-hydrogen) atoms. The first-order chi connectivity index (χ1) is 10.8. The van der Waals surface area contributed by atoms with E-state index in [1.54, 1.807) is 31.3 Å². The maximum absolute atomic E-state index is 12.5. The minimum absolute atomic E-state index is 0.0402. The lowest BCUT2D eigenvalue weighted by molar-refractivity contribution is 0.0963. The molecule has 1 heterocycles. The van der Waals surface area contributed by atoms with Gasteiger partial charge in [0.2, 0.25) is 10.0 Å². The van der Waals surface area contributed by atoms with Crippen LogP contribution in [0.25, 0.3) is 0 Å². The molecule has 0 radical (unpaired) electrons. The summed E-state index contributed by atoms with van der Waals surface area (Å²) in [4.78, 5) is 15.6. The molecular formula is C15H16ClN3O3S. The Bertz CT molecular complexity index is 810. The number of aromatic nitrogens is 1. The number of hydrogen-bond acceptors (Lipinski definition) is 4. The molecule has 0 aliphatic carbocycles. The fraction of sp³-hybridized carbons (Fsp3) is 0.200. The quantitative estimate of drug-likeness (QED) is 0.861.